The number of rotatable bonds is 5. The number of anilines is 2. The van der Waals surface area contributed by atoms with Gasteiger partial charge in [0.1, 0.15) is 5.82 Å². The Hall–Kier alpha value is -2.87. The molecule has 8 heteroatoms. The quantitative estimate of drug-likeness (QED) is 0.660. The molecule has 1 aliphatic heterocycles. The molecule has 0 saturated carbocycles. The molecule has 2 aromatic carbocycles. The summed E-state index contributed by atoms with van der Waals surface area (Å²) in [5.41, 5.74) is 1.05. The van der Waals surface area contributed by atoms with Gasteiger partial charge in [-0.25, -0.2) is 13.2 Å². The highest BCUT2D eigenvalue weighted by atomic mass is 19.3. The zero-order chi connectivity index (χ0) is 20.8. The van der Waals surface area contributed by atoms with E-state index in [2.05, 4.69) is 15.5 Å². The third-order valence-corrected chi connectivity index (χ3v) is 5.18. The van der Waals surface area contributed by atoms with Crippen LogP contribution >= 0.6 is 0 Å². The van der Waals surface area contributed by atoms with Crippen LogP contribution in [0.15, 0.2) is 42.6 Å². The minimum atomic E-state index is -2.87. The smallest absolute Gasteiger partial charge is 0.266 e. The summed E-state index contributed by atoms with van der Waals surface area (Å²) in [5.74, 6) is -0.905. The number of aliphatic hydroxyl groups is 1. The SMILES string of the molecule is C[C@@H](Nc1cnnc2ccc(N3CC(C)(O)C3)cc12)c1cccc(C(F)F)c1F. The van der Waals surface area contributed by atoms with Crippen LogP contribution in [0.2, 0.25) is 0 Å². The number of hydrogen-bond acceptors (Lipinski definition) is 5. The van der Waals surface area contributed by atoms with Gasteiger partial charge in [-0.2, -0.15) is 10.2 Å². The molecule has 1 saturated heterocycles. The summed E-state index contributed by atoms with van der Waals surface area (Å²) in [6.07, 6.45) is -1.34. The van der Waals surface area contributed by atoms with E-state index in [1.807, 2.05) is 23.1 Å². The molecule has 4 rings (SSSR count). The van der Waals surface area contributed by atoms with E-state index in [-0.39, 0.29) is 5.56 Å². The summed E-state index contributed by atoms with van der Waals surface area (Å²) < 4.78 is 40.5. The topological polar surface area (TPSA) is 61.3 Å². The number of halogens is 3. The number of alkyl halides is 2. The first-order valence-electron chi connectivity index (χ1n) is 9.31. The molecule has 1 aromatic heterocycles. The van der Waals surface area contributed by atoms with E-state index in [1.54, 1.807) is 13.8 Å². The van der Waals surface area contributed by atoms with Crippen molar-refractivity contribution in [2.24, 2.45) is 0 Å². The first kappa shape index (κ1) is 19.4. The maximum absolute atomic E-state index is 14.5. The van der Waals surface area contributed by atoms with Gasteiger partial charge in [-0.05, 0) is 32.0 Å². The average molecular weight is 402 g/mol. The molecular weight excluding hydrogens is 381 g/mol. The van der Waals surface area contributed by atoms with Crippen LogP contribution in [0.5, 0.6) is 0 Å². The van der Waals surface area contributed by atoms with Crippen LogP contribution in [0, 0.1) is 5.82 Å². The lowest BCUT2D eigenvalue weighted by molar-refractivity contribution is 0.0310. The highest BCUT2D eigenvalue weighted by Gasteiger charge is 2.36. The van der Waals surface area contributed by atoms with Crippen molar-refractivity contribution < 1.29 is 18.3 Å². The molecule has 0 spiro atoms. The standard InChI is InChI=1S/C21H21F3N4O/c1-12(14-4-3-5-15(19(14)22)20(23)24)26-18-9-25-27-17-7-6-13(8-16(17)18)28-10-21(2,29)11-28/h3-9,12,20,29H,10-11H2,1-2H3,(H,26,27)/t12-/m1/s1. The molecule has 2 N–H and O–H groups in total. The predicted molar refractivity (Wildman–Crippen MR) is 106 cm³/mol. The molecule has 29 heavy (non-hydrogen) atoms. The molecule has 3 aromatic rings. The van der Waals surface area contributed by atoms with Gasteiger partial charge in [0, 0.05) is 29.7 Å². The monoisotopic (exact) mass is 402 g/mol. The van der Waals surface area contributed by atoms with Crippen LogP contribution in [0.25, 0.3) is 10.9 Å². The number of aromatic nitrogens is 2. The van der Waals surface area contributed by atoms with Crippen LogP contribution in [0.3, 0.4) is 0 Å². The number of β-amino-alcohol motifs (C(OH)–C–C–N with tert-alkyl or cyclic N) is 1. The Morgan fingerprint density at radius 1 is 1.17 bits per heavy atom. The highest BCUT2D eigenvalue weighted by Crippen LogP contribution is 2.34. The average Bonchev–Trinajstić information content (AvgIpc) is 2.66. The Balaban J connectivity index is 1.65. The van der Waals surface area contributed by atoms with Gasteiger partial charge in [-0.15, -0.1) is 0 Å². The molecule has 152 valence electrons. The molecule has 0 bridgehead atoms. The molecule has 0 unspecified atom stereocenters. The van der Waals surface area contributed by atoms with Crippen molar-refractivity contribution in [3.8, 4) is 0 Å². The van der Waals surface area contributed by atoms with Gasteiger partial charge < -0.3 is 15.3 Å². The van der Waals surface area contributed by atoms with Crippen molar-refractivity contribution >= 4 is 22.3 Å². The molecule has 1 fully saturated rings. The van der Waals surface area contributed by atoms with Gasteiger partial charge in [0.2, 0.25) is 0 Å². The third kappa shape index (κ3) is 3.72. The molecule has 1 atom stereocenters. The van der Waals surface area contributed by atoms with Crippen LogP contribution in [0.4, 0.5) is 24.5 Å². The fourth-order valence-corrected chi connectivity index (χ4v) is 3.70. The molecule has 0 aliphatic carbocycles. The third-order valence-electron chi connectivity index (χ3n) is 5.18. The van der Waals surface area contributed by atoms with E-state index in [0.717, 1.165) is 17.1 Å². The van der Waals surface area contributed by atoms with Gasteiger partial charge in [-0.3, -0.25) is 0 Å². The van der Waals surface area contributed by atoms with E-state index in [0.29, 0.717) is 24.3 Å². The maximum atomic E-state index is 14.5. The van der Waals surface area contributed by atoms with E-state index in [9.17, 15) is 18.3 Å². The minimum absolute atomic E-state index is 0.155. The van der Waals surface area contributed by atoms with Crippen LogP contribution in [0.1, 0.15) is 37.4 Å². The summed E-state index contributed by atoms with van der Waals surface area (Å²) in [5, 5.41) is 22.0. The zero-order valence-corrected chi connectivity index (χ0v) is 16.0. The highest BCUT2D eigenvalue weighted by molar-refractivity contribution is 5.93. The Bertz CT molecular complexity index is 1050. The maximum Gasteiger partial charge on any atom is 0.266 e. The summed E-state index contributed by atoms with van der Waals surface area (Å²) in [7, 11) is 0. The van der Waals surface area contributed by atoms with Gasteiger partial charge >= 0.3 is 0 Å². The number of benzene rings is 2. The summed E-state index contributed by atoms with van der Waals surface area (Å²) in [6.45, 7) is 4.55. The lowest BCUT2D eigenvalue weighted by Gasteiger charge is -2.45. The van der Waals surface area contributed by atoms with Crippen LogP contribution in [-0.4, -0.2) is 34.0 Å². The number of nitrogens with zero attached hydrogens (tertiary/aromatic N) is 3. The molecular formula is C21H21F3N4O. The molecule has 2 heterocycles. The fourth-order valence-electron chi connectivity index (χ4n) is 3.70. The Kier molecular flexibility index (Phi) is 4.82. The fraction of sp³-hybridized carbons (Fsp3) is 0.333. The van der Waals surface area contributed by atoms with Crippen molar-refractivity contribution in [2.45, 2.75) is 31.9 Å². The van der Waals surface area contributed by atoms with E-state index in [4.69, 9.17) is 0 Å². The second-order valence-corrected chi connectivity index (χ2v) is 7.73. The predicted octanol–water partition coefficient (Wildman–Crippen LogP) is 4.45. The van der Waals surface area contributed by atoms with Crippen molar-refractivity contribution in [3.63, 3.8) is 0 Å². The first-order valence-corrected chi connectivity index (χ1v) is 9.31. The second-order valence-electron chi connectivity index (χ2n) is 7.73. The minimum Gasteiger partial charge on any atom is -0.386 e. The summed E-state index contributed by atoms with van der Waals surface area (Å²) in [6, 6.07) is 9.12. The van der Waals surface area contributed by atoms with Crippen molar-refractivity contribution in [1.82, 2.24) is 10.2 Å². The summed E-state index contributed by atoms with van der Waals surface area (Å²) in [4.78, 5) is 2.04. The largest absolute Gasteiger partial charge is 0.386 e. The van der Waals surface area contributed by atoms with Gasteiger partial charge in [0.15, 0.2) is 0 Å². The Morgan fingerprint density at radius 3 is 2.59 bits per heavy atom. The molecule has 0 radical (unpaired) electrons. The van der Waals surface area contributed by atoms with Gasteiger partial charge in [-0.1, -0.05) is 18.2 Å². The second kappa shape index (κ2) is 7.18. The van der Waals surface area contributed by atoms with Crippen molar-refractivity contribution in [1.29, 1.82) is 0 Å². The number of nitrogens with one attached hydrogen (secondary N) is 1. The summed E-state index contributed by atoms with van der Waals surface area (Å²) >= 11 is 0. The van der Waals surface area contributed by atoms with Crippen molar-refractivity contribution in [2.75, 3.05) is 23.3 Å². The lowest BCUT2D eigenvalue weighted by atomic mass is 9.96. The van der Waals surface area contributed by atoms with Gasteiger partial charge in [0.25, 0.3) is 6.43 Å². The zero-order valence-electron chi connectivity index (χ0n) is 16.0. The number of hydrogen-bond donors (Lipinski definition) is 2. The Morgan fingerprint density at radius 2 is 1.90 bits per heavy atom. The number of fused-ring (bicyclic) bond motifs is 1. The Labute approximate surface area is 166 Å². The van der Waals surface area contributed by atoms with E-state index < -0.39 is 29.4 Å². The van der Waals surface area contributed by atoms with Crippen LogP contribution in [-0.2, 0) is 0 Å². The van der Waals surface area contributed by atoms with Crippen LogP contribution < -0.4 is 10.2 Å². The van der Waals surface area contributed by atoms with E-state index in [1.165, 1.54) is 18.3 Å². The first-order chi connectivity index (χ1) is 13.7. The lowest BCUT2D eigenvalue weighted by Crippen LogP contribution is -2.60. The molecule has 1 aliphatic rings. The normalized spacial score (nSPS) is 16.7. The van der Waals surface area contributed by atoms with Gasteiger partial charge in [0.05, 0.1) is 34.6 Å². The van der Waals surface area contributed by atoms with E-state index >= 15 is 0 Å². The molecule has 0 amide bonds. The molecule has 5 nitrogen and oxygen atoms in total. The van der Waals surface area contributed by atoms with Crippen molar-refractivity contribution in [3.05, 3.63) is 59.5 Å².